The monoisotopic (exact) mass is 398 g/mol. The van der Waals surface area contributed by atoms with Crippen LogP contribution in [0.3, 0.4) is 0 Å². The molecule has 2 aromatic rings. The van der Waals surface area contributed by atoms with Crippen molar-refractivity contribution >= 4 is 10.8 Å². The van der Waals surface area contributed by atoms with Gasteiger partial charge in [0.15, 0.2) is 0 Å². The van der Waals surface area contributed by atoms with Crippen LogP contribution in [0, 0.1) is 6.58 Å². The number of halogens is 2. The van der Waals surface area contributed by atoms with Gasteiger partial charge in [-0.2, -0.15) is 6.08 Å². The molecule has 21 heavy (non-hydrogen) atoms. The zero-order valence-corrected chi connectivity index (χ0v) is 17.0. The number of hydrogen-bond acceptors (Lipinski definition) is 0. The van der Waals surface area contributed by atoms with E-state index in [0.717, 1.165) is 0 Å². The van der Waals surface area contributed by atoms with Crippen LogP contribution in [0.2, 0.25) is 0 Å². The minimum atomic E-state index is 0. The van der Waals surface area contributed by atoms with E-state index < -0.39 is 0 Å². The number of hydrogen-bond donors (Lipinski definition) is 0. The summed E-state index contributed by atoms with van der Waals surface area (Å²) in [4.78, 5) is 0. The molecule has 0 spiro atoms. The van der Waals surface area contributed by atoms with Crippen molar-refractivity contribution in [3.63, 3.8) is 0 Å². The third kappa shape index (κ3) is 8.10. The van der Waals surface area contributed by atoms with Crippen LogP contribution in [0.15, 0.2) is 54.6 Å². The van der Waals surface area contributed by atoms with Gasteiger partial charge in [-0.25, -0.2) is 12.2 Å². The Hall–Kier alpha value is -0.227. The molecule has 0 aliphatic rings. The van der Waals surface area contributed by atoms with Crippen molar-refractivity contribution < 1.29 is 51.0 Å². The molecule has 2 aromatic carbocycles. The van der Waals surface area contributed by atoms with Crippen molar-refractivity contribution in [3.8, 4) is 0 Å². The van der Waals surface area contributed by atoms with Gasteiger partial charge in [0.2, 0.25) is 0 Å². The predicted molar refractivity (Wildman–Crippen MR) is 81.9 cm³/mol. The van der Waals surface area contributed by atoms with Crippen LogP contribution in [0.4, 0.5) is 0 Å². The third-order valence-corrected chi connectivity index (χ3v) is 2.79. The molecular weight excluding hydrogens is 378 g/mol. The van der Waals surface area contributed by atoms with Gasteiger partial charge >= 0.3 is 26.2 Å². The summed E-state index contributed by atoms with van der Waals surface area (Å²) >= 11 is 0. The molecular formula is C18H22Cl2Zr. The second kappa shape index (κ2) is 12.3. The Bertz CT molecular complexity index is 533. The molecule has 0 bridgehead atoms. The van der Waals surface area contributed by atoms with Crippen LogP contribution in [0.1, 0.15) is 33.3 Å². The summed E-state index contributed by atoms with van der Waals surface area (Å²) in [6.07, 6.45) is 5.15. The summed E-state index contributed by atoms with van der Waals surface area (Å²) in [6, 6.07) is 13.0. The summed E-state index contributed by atoms with van der Waals surface area (Å²) in [5.74, 6) is 0. The zero-order valence-electron chi connectivity index (χ0n) is 13.0. The molecule has 0 radical (unpaired) electrons. The van der Waals surface area contributed by atoms with Crippen molar-refractivity contribution in [2.45, 2.75) is 33.1 Å². The quantitative estimate of drug-likeness (QED) is 0.444. The average Bonchev–Trinajstić information content (AvgIpc) is 2.74. The van der Waals surface area contributed by atoms with E-state index in [1.807, 2.05) is 13.0 Å². The fourth-order valence-electron chi connectivity index (χ4n) is 1.92. The van der Waals surface area contributed by atoms with Crippen LogP contribution in [-0.4, -0.2) is 0 Å². The first kappa shape index (κ1) is 25.7. The maximum Gasteiger partial charge on any atom is 4.00 e. The molecule has 0 unspecified atom stereocenters. The van der Waals surface area contributed by atoms with Gasteiger partial charge in [-0.1, -0.05) is 39.2 Å². The van der Waals surface area contributed by atoms with Crippen molar-refractivity contribution in [1.29, 1.82) is 0 Å². The Labute approximate surface area is 161 Å². The third-order valence-electron chi connectivity index (χ3n) is 2.79. The van der Waals surface area contributed by atoms with E-state index in [0.29, 0.717) is 0 Å². The maximum atomic E-state index is 4.93. The van der Waals surface area contributed by atoms with Gasteiger partial charge in [0.1, 0.15) is 0 Å². The summed E-state index contributed by atoms with van der Waals surface area (Å²) in [7, 11) is 0. The van der Waals surface area contributed by atoms with Crippen LogP contribution < -0.4 is 24.8 Å². The van der Waals surface area contributed by atoms with Gasteiger partial charge < -0.3 is 24.8 Å². The average molecular weight is 401 g/mol. The Morgan fingerprint density at radius 3 is 2.10 bits per heavy atom. The van der Waals surface area contributed by atoms with Gasteiger partial charge in [-0.15, -0.1) is 46.7 Å². The maximum absolute atomic E-state index is 4.93. The van der Waals surface area contributed by atoms with Gasteiger partial charge in [0.05, 0.1) is 0 Å². The summed E-state index contributed by atoms with van der Waals surface area (Å²) in [5, 5.41) is 2.75. The summed E-state index contributed by atoms with van der Waals surface area (Å²) in [5.41, 5.74) is 1.70. The van der Waals surface area contributed by atoms with Crippen LogP contribution >= 0.6 is 0 Å². The van der Waals surface area contributed by atoms with E-state index in [1.54, 1.807) is 6.08 Å². The minimum absolute atomic E-state index is 0. The van der Waals surface area contributed by atoms with Crippen molar-refractivity contribution in [1.82, 2.24) is 0 Å². The minimum Gasteiger partial charge on any atom is -1.00 e. The van der Waals surface area contributed by atoms with Crippen LogP contribution in [-0.2, 0) is 31.6 Å². The van der Waals surface area contributed by atoms with Gasteiger partial charge in [-0.05, 0) is 0 Å². The van der Waals surface area contributed by atoms with Gasteiger partial charge in [0, 0.05) is 0 Å². The standard InChI is InChI=1S/C13H15.C5H7.2ClH.Zr/c1-13(2,3)12-9-8-10-6-4-5-7-11(10)12;1-3-5-4-2;;;/h4-9H,1-3H3;1,3-5H,2H3;2*1H;/q2*-1;;;+4/p-2. The Balaban J connectivity index is -0.000000360. The largest absolute Gasteiger partial charge is 4.00 e. The number of fused-ring (bicyclic) bond motifs is 1. The molecule has 0 heterocycles. The van der Waals surface area contributed by atoms with Gasteiger partial charge in [0.25, 0.3) is 0 Å². The van der Waals surface area contributed by atoms with Crippen molar-refractivity contribution in [3.05, 3.63) is 66.8 Å². The molecule has 0 aliphatic heterocycles. The van der Waals surface area contributed by atoms with E-state index in [2.05, 4.69) is 57.2 Å². The smallest absolute Gasteiger partial charge is 1.00 e. The molecule has 0 atom stereocenters. The van der Waals surface area contributed by atoms with E-state index in [-0.39, 0.29) is 56.4 Å². The molecule has 3 heteroatoms. The molecule has 112 valence electrons. The molecule has 0 amide bonds. The summed E-state index contributed by atoms with van der Waals surface area (Å²) in [6.45, 7) is 13.6. The van der Waals surface area contributed by atoms with E-state index in [9.17, 15) is 0 Å². The molecule has 0 aromatic heterocycles. The second-order valence-electron chi connectivity index (χ2n) is 5.30. The van der Waals surface area contributed by atoms with E-state index in [4.69, 9.17) is 6.58 Å². The van der Waals surface area contributed by atoms with Crippen LogP contribution in [0.5, 0.6) is 0 Å². The molecule has 0 N–H and O–H groups in total. The van der Waals surface area contributed by atoms with E-state index >= 15 is 0 Å². The fourth-order valence-corrected chi connectivity index (χ4v) is 1.92. The molecule has 0 saturated heterocycles. The zero-order chi connectivity index (χ0) is 13.6. The predicted octanol–water partition coefficient (Wildman–Crippen LogP) is -0.587. The first-order chi connectivity index (χ1) is 8.50. The van der Waals surface area contributed by atoms with Crippen molar-refractivity contribution in [2.24, 2.45) is 0 Å². The van der Waals surface area contributed by atoms with E-state index in [1.165, 1.54) is 22.4 Å². The summed E-state index contributed by atoms with van der Waals surface area (Å²) < 4.78 is 0. The Morgan fingerprint density at radius 1 is 1.10 bits per heavy atom. The molecule has 0 nitrogen and oxygen atoms in total. The molecule has 0 saturated carbocycles. The Morgan fingerprint density at radius 2 is 1.67 bits per heavy atom. The first-order valence-electron chi connectivity index (χ1n) is 6.32. The normalized spacial score (nSPS) is 9.71. The number of benzene rings is 1. The second-order valence-corrected chi connectivity index (χ2v) is 5.30. The fraction of sp³-hybridized carbons (Fsp3) is 0.278. The van der Waals surface area contributed by atoms with Crippen molar-refractivity contribution in [2.75, 3.05) is 0 Å². The Kier molecular flexibility index (Phi) is 15.1. The van der Waals surface area contributed by atoms with Crippen LogP contribution in [0.25, 0.3) is 10.8 Å². The number of rotatable bonds is 1. The van der Waals surface area contributed by atoms with Gasteiger partial charge in [-0.3, -0.25) is 6.58 Å². The molecule has 0 fully saturated rings. The number of allylic oxidation sites excluding steroid dienone is 3. The molecule has 0 aliphatic carbocycles. The molecule has 2 rings (SSSR count). The SMILES string of the molecule is CC(C)(C)c1c[cH-]c2ccccc12.[CH-]=CC=CC.[Cl-].[Cl-].[Zr+4]. The topological polar surface area (TPSA) is 0 Å². The first-order valence-corrected chi connectivity index (χ1v) is 6.32.